The monoisotopic (exact) mass is 267 g/mol. The van der Waals surface area contributed by atoms with Crippen LogP contribution in [-0.4, -0.2) is 28.9 Å². The van der Waals surface area contributed by atoms with Gasteiger partial charge in [-0.2, -0.15) is 8.78 Å². The number of halogens is 4. The molecule has 1 aromatic rings. The van der Waals surface area contributed by atoms with Gasteiger partial charge in [-0.25, -0.2) is 24.6 Å². The number of nitrogens with one attached hydrogen (secondary N) is 2. The van der Waals surface area contributed by atoms with Crippen LogP contribution >= 0.6 is 0 Å². The van der Waals surface area contributed by atoms with Crippen LogP contribution in [0.5, 0.6) is 0 Å². The number of rotatable bonds is 6. The van der Waals surface area contributed by atoms with E-state index in [1.54, 1.807) is 6.92 Å². The third-order valence-electron chi connectivity index (χ3n) is 2.25. The molecule has 1 heterocycles. The van der Waals surface area contributed by atoms with E-state index in [9.17, 15) is 17.6 Å². The number of hydrogen-bond acceptors (Lipinski definition) is 5. The predicted molar refractivity (Wildman–Crippen MR) is 58.7 cm³/mol. The quantitative estimate of drug-likeness (QED) is 0.415. The molecule has 0 amide bonds. The maximum absolute atomic E-state index is 12.8. The molecule has 5 nitrogen and oxygen atoms in total. The van der Waals surface area contributed by atoms with Gasteiger partial charge < -0.3 is 10.7 Å². The molecule has 0 aliphatic heterocycles. The van der Waals surface area contributed by atoms with Crippen LogP contribution in [0.3, 0.4) is 0 Å². The molecule has 0 bridgehead atoms. The zero-order valence-electron chi connectivity index (χ0n) is 9.55. The summed E-state index contributed by atoms with van der Waals surface area (Å²) in [6.07, 6.45) is -2.23. The fourth-order valence-electron chi connectivity index (χ4n) is 1.30. The minimum absolute atomic E-state index is 0.0563. The lowest BCUT2D eigenvalue weighted by molar-refractivity contribution is -0.117. The summed E-state index contributed by atoms with van der Waals surface area (Å²) in [6, 6.07) is 0. The van der Waals surface area contributed by atoms with E-state index in [0.717, 1.165) is 6.33 Å². The molecule has 0 saturated carbocycles. The van der Waals surface area contributed by atoms with E-state index < -0.39 is 18.9 Å². The Hall–Kier alpha value is -1.64. The normalized spacial score (nSPS) is 11.7. The lowest BCUT2D eigenvalue weighted by Gasteiger charge is -2.18. The Balaban J connectivity index is 2.85. The molecule has 0 unspecified atom stereocenters. The summed E-state index contributed by atoms with van der Waals surface area (Å²) >= 11 is 0. The van der Waals surface area contributed by atoms with Gasteiger partial charge in [-0.1, -0.05) is 6.92 Å². The molecule has 9 heteroatoms. The van der Waals surface area contributed by atoms with Gasteiger partial charge in [-0.3, -0.25) is 0 Å². The van der Waals surface area contributed by atoms with Gasteiger partial charge in [0.1, 0.15) is 18.0 Å². The van der Waals surface area contributed by atoms with Crippen molar-refractivity contribution in [3.63, 3.8) is 0 Å². The summed E-state index contributed by atoms with van der Waals surface area (Å²) in [5, 5.41) is 2.18. The maximum atomic E-state index is 12.8. The summed E-state index contributed by atoms with van der Waals surface area (Å²) < 4.78 is 49.5. The summed E-state index contributed by atoms with van der Waals surface area (Å²) in [6.45, 7) is 0.522. The smallest absolute Gasteiger partial charge is 0.324 e. The Labute approximate surface area is 101 Å². The minimum atomic E-state index is -4.12. The molecular weight excluding hydrogens is 254 g/mol. The predicted octanol–water partition coefficient (Wildman–Crippen LogP) is 1.64. The SMILES string of the molecule is CCc1c(NN)ncnc1NCC(F)(F)C(F)F. The average Bonchev–Trinajstić information content (AvgIpc) is 2.35. The average molecular weight is 267 g/mol. The van der Waals surface area contributed by atoms with Crippen molar-refractivity contribution >= 4 is 11.6 Å². The second kappa shape index (κ2) is 5.80. The van der Waals surface area contributed by atoms with Gasteiger partial charge in [-0.05, 0) is 6.42 Å². The Morgan fingerprint density at radius 2 is 1.94 bits per heavy atom. The Bertz CT molecular complexity index is 399. The standard InChI is InChI=1S/C9H13F4N5/c1-2-5-6(16-4-17-7(5)18-14)15-3-9(12,13)8(10)11/h4,8H,2-3,14H2,1H3,(H2,15,16,17,18). The molecule has 1 aromatic heterocycles. The molecular formula is C9H13F4N5. The fraction of sp³-hybridized carbons (Fsp3) is 0.556. The summed E-state index contributed by atoms with van der Waals surface area (Å²) in [7, 11) is 0. The number of nitrogens with two attached hydrogens (primary N) is 1. The molecule has 1 rings (SSSR count). The topological polar surface area (TPSA) is 75.9 Å². The van der Waals surface area contributed by atoms with Crippen molar-refractivity contribution in [2.75, 3.05) is 17.3 Å². The number of aromatic nitrogens is 2. The van der Waals surface area contributed by atoms with Crippen molar-refractivity contribution in [3.05, 3.63) is 11.9 Å². The van der Waals surface area contributed by atoms with Crippen LogP contribution in [0.2, 0.25) is 0 Å². The van der Waals surface area contributed by atoms with Gasteiger partial charge in [0.05, 0.1) is 6.54 Å². The molecule has 0 atom stereocenters. The van der Waals surface area contributed by atoms with Crippen molar-refractivity contribution in [3.8, 4) is 0 Å². The van der Waals surface area contributed by atoms with Crippen molar-refractivity contribution in [2.45, 2.75) is 25.7 Å². The number of alkyl halides is 4. The maximum Gasteiger partial charge on any atom is 0.324 e. The van der Waals surface area contributed by atoms with Gasteiger partial charge >= 0.3 is 12.3 Å². The zero-order valence-corrected chi connectivity index (χ0v) is 9.55. The number of hydrazine groups is 1. The molecule has 0 aliphatic carbocycles. The number of hydrogen-bond donors (Lipinski definition) is 3. The second-order valence-corrected chi connectivity index (χ2v) is 3.46. The lowest BCUT2D eigenvalue weighted by atomic mass is 10.2. The minimum Gasteiger partial charge on any atom is -0.363 e. The molecule has 0 aliphatic rings. The van der Waals surface area contributed by atoms with Crippen molar-refractivity contribution in [1.82, 2.24) is 9.97 Å². The van der Waals surface area contributed by atoms with Crippen LogP contribution in [-0.2, 0) is 6.42 Å². The van der Waals surface area contributed by atoms with Gasteiger partial charge in [0.2, 0.25) is 0 Å². The molecule has 0 aromatic carbocycles. The highest BCUT2D eigenvalue weighted by atomic mass is 19.3. The van der Waals surface area contributed by atoms with Gasteiger partial charge in [0, 0.05) is 5.56 Å². The zero-order chi connectivity index (χ0) is 13.8. The lowest BCUT2D eigenvalue weighted by Crippen LogP contribution is -2.35. The largest absolute Gasteiger partial charge is 0.363 e. The second-order valence-electron chi connectivity index (χ2n) is 3.46. The van der Waals surface area contributed by atoms with Crippen LogP contribution in [0.25, 0.3) is 0 Å². The number of nitrogen functional groups attached to an aromatic ring is 1. The molecule has 0 saturated heterocycles. The van der Waals surface area contributed by atoms with Crippen LogP contribution in [0.1, 0.15) is 12.5 Å². The molecule has 4 N–H and O–H groups in total. The number of nitrogens with zero attached hydrogens (tertiary/aromatic N) is 2. The third-order valence-corrected chi connectivity index (χ3v) is 2.25. The summed E-state index contributed by atoms with van der Waals surface area (Å²) in [4.78, 5) is 7.51. The first kappa shape index (κ1) is 14.4. The highest BCUT2D eigenvalue weighted by Crippen LogP contribution is 2.25. The van der Waals surface area contributed by atoms with Crippen molar-refractivity contribution < 1.29 is 17.6 Å². The number of anilines is 2. The van der Waals surface area contributed by atoms with E-state index in [1.165, 1.54) is 0 Å². The Morgan fingerprint density at radius 3 is 2.44 bits per heavy atom. The van der Waals surface area contributed by atoms with Crippen molar-refractivity contribution in [2.24, 2.45) is 5.84 Å². The first-order valence-electron chi connectivity index (χ1n) is 5.12. The molecule has 0 radical (unpaired) electrons. The van der Waals surface area contributed by atoms with Crippen molar-refractivity contribution in [1.29, 1.82) is 0 Å². The Kier molecular flexibility index (Phi) is 4.65. The molecule has 0 spiro atoms. The van der Waals surface area contributed by atoms with E-state index in [4.69, 9.17) is 5.84 Å². The van der Waals surface area contributed by atoms with Crippen LogP contribution in [0.15, 0.2) is 6.33 Å². The highest BCUT2D eigenvalue weighted by Gasteiger charge is 2.40. The first-order valence-corrected chi connectivity index (χ1v) is 5.12. The molecule has 18 heavy (non-hydrogen) atoms. The van der Waals surface area contributed by atoms with Crippen LogP contribution < -0.4 is 16.6 Å². The van der Waals surface area contributed by atoms with Crippen LogP contribution in [0, 0.1) is 0 Å². The van der Waals surface area contributed by atoms with E-state index in [-0.39, 0.29) is 11.6 Å². The fourth-order valence-corrected chi connectivity index (χ4v) is 1.30. The van der Waals surface area contributed by atoms with E-state index in [1.807, 2.05) is 0 Å². The third kappa shape index (κ3) is 3.19. The highest BCUT2D eigenvalue weighted by molar-refractivity contribution is 5.56. The molecule has 102 valence electrons. The van der Waals surface area contributed by atoms with Gasteiger partial charge in [0.25, 0.3) is 0 Å². The van der Waals surface area contributed by atoms with Gasteiger partial charge in [0.15, 0.2) is 0 Å². The van der Waals surface area contributed by atoms with Gasteiger partial charge in [-0.15, -0.1) is 0 Å². The van der Waals surface area contributed by atoms with Crippen LogP contribution in [0.4, 0.5) is 29.2 Å². The van der Waals surface area contributed by atoms with E-state index in [0.29, 0.717) is 12.0 Å². The first-order chi connectivity index (χ1) is 8.42. The summed E-state index contributed by atoms with van der Waals surface area (Å²) in [5.74, 6) is 1.39. The molecule has 0 fully saturated rings. The Morgan fingerprint density at radius 1 is 1.33 bits per heavy atom. The van der Waals surface area contributed by atoms with E-state index >= 15 is 0 Å². The summed E-state index contributed by atoms with van der Waals surface area (Å²) in [5.41, 5.74) is 2.73. The van der Waals surface area contributed by atoms with E-state index in [2.05, 4.69) is 20.7 Å².